The summed E-state index contributed by atoms with van der Waals surface area (Å²) in [5.74, 6) is 0. The zero-order valence-corrected chi connectivity index (χ0v) is 14.1. The van der Waals surface area contributed by atoms with Crippen LogP contribution in [0.2, 0.25) is 0 Å². The van der Waals surface area contributed by atoms with Crippen LogP contribution in [0.15, 0.2) is 6.20 Å². The first-order valence-corrected chi connectivity index (χ1v) is 7.62. The molecule has 0 aliphatic rings. The summed E-state index contributed by atoms with van der Waals surface area (Å²) in [5, 5.41) is 8.15. The van der Waals surface area contributed by atoms with Gasteiger partial charge in [0.05, 0.1) is 25.1 Å². The number of unbranched alkanes of at least 4 members (excludes halogenated alkanes) is 1. The van der Waals surface area contributed by atoms with Crippen molar-refractivity contribution in [2.75, 3.05) is 6.61 Å². The van der Waals surface area contributed by atoms with E-state index < -0.39 is 0 Å². The zero-order chi connectivity index (χ0) is 15.2. The Kier molecular flexibility index (Phi) is 6.18. The van der Waals surface area contributed by atoms with Crippen LogP contribution in [0.3, 0.4) is 0 Å². The summed E-state index contributed by atoms with van der Waals surface area (Å²) in [6.07, 6.45) is 5.43. The zero-order valence-electron chi connectivity index (χ0n) is 14.1. The van der Waals surface area contributed by atoms with Gasteiger partial charge in [-0.15, -0.1) is 5.10 Å². The molecule has 0 unspecified atom stereocenters. The highest BCUT2D eigenvalue weighted by molar-refractivity contribution is 4.91. The van der Waals surface area contributed by atoms with E-state index >= 15 is 0 Å². The molecular formula is C16H31N3O. The second kappa shape index (κ2) is 7.21. The topological polar surface area (TPSA) is 39.9 Å². The fourth-order valence-corrected chi connectivity index (χ4v) is 1.96. The average Bonchev–Trinajstić information content (AvgIpc) is 2.69. The highest BCUT2D eigenvalue weighted by Gasteiger charge is 2.12. The van der Waals surface area contributed by atoms with Gasteiger partial charge < -0.3 is 4.74 Å². The molecule has 0 radical (unpaired) electrons. The Hall–Kier alpha value is -0.900. The minimum absolute atomic E-state index is 0.199. The first-order chi connectivity index (χ1) is 9.17. The smallest absolute Gasteiger partial charge is 0.0901 e. The Labute approximate surface area is 123 Å². The van der Waals surface area contributed by atoms with Crippen molar-refractivity contribution in [1.29, 1.82) is 0 Å². The van der Waals surface area contributed by atoms with E-state index in [4.69, 9.17) is 4.74 Å². The van der Waals surface area contributed by atoms with Gasteiger partial charge >= 0.3 is 0 Å². The quantitative estimate of drug-likeness (QED) is 0.708. The van der Waals surface area contributed by atoms with Gasteiger partial charge in [-0.3, -0.25) is 0 Å². The Balaban J connectivity index is 2.32. The summed E-state index contributed by atoms with van der Waals surface area (Å²) in [6, 6.07) is 0. The molecule has 4 heteroatoms. The Morgan fingerprint density at radius 2 is 1.75 bits per heavy atom. The lowest BCUT2D eigenvalue weighted by Gasteiger charge is -2.18. The Bertz CT molecular complexity index is 385. The molecule has 1 rings (SSSR count). The van der Waals surface area contributed by atoms with Gasteiger partial charge in [-0.1, -0.05) is 53.2 Å². The van der Waals surface area contributed by atoms with Crippen LogP contribution in [0.25, 0.3) is 0 Å². The van der Waals surface area contributed by atoms with Gasteiger partial charge in [0.2, 0.25) is 0 Å². The largest absolute Gasteiger partial charge is 0.375 e. The summed E-state index contributed by atoms with van der Waals surface area (Å²) >= 11 is 0. The Morgan fingerprint density at radius 1 is 1.05 bits per heavy atom. The van der Waals surface area contributed by atoms with E-state index in [0.717, 1.165) is 25.3 Å². The van der Waals surface area contributed by atoms with Crippen LogP contribution in [0.4, 0.5) is 0 Å². The molecule has 1 heterocycles. The highest BCUT2D eigenvalue weighted by Crippen LogP contribution is 2.21. The van der Waals surface area contributed by atoms with E-state index in [9.17, 15) is 0 Å². The van der Waals surface area contributed by atoms with Gasteiger partial charge in [0, 0.05) is 6.54 Å². The minimum Gasteiger partial charge on any atom is -0.375 e. The van der Waals surface area contributed by atoms with Crippen molar-refractivity contribution in [2.24, 2.45) is 10.8 Å². The molecule has 1 aromatic rings. The highest BCUT2D eigenvalue weighted by atomic mass is 16.5. The molecular weight excluding hydrogens is 250 g/mol. The number of nitrogens with zero attached hydrogens (tertiary/aromatic N) is 3. The third-order valence-electron chi connectivity index (χ3n) is 3.03. The molecule has 1 aromatic heterocycles. The van der Waals surface area contributed by atoms with Crippen LogP contribution in [-0.2, 0) is 17.9 Å². The normalized spacial score (nSPS) is 12.9. The van der Waals surface area contributed by atoms with Crippen molar-refractivity contribution in [2.45, 2.75) is 74.0 Å². The summed E-state index contributed by atoms with van der Waals surface area (Å²) in [5.41, 5.74) is 1.69. The second-order valence-corrected chi connectivity index (χ2v) is 8.02. The SMILES string of the molecule is CC(C)(C)CCCCn1nncc1COCC(C)(C)C. The number of rotatable bonds is 7. The van der Waals surface area contributed by atoms with Crippen molar-refractivity contribution < 1.29 is 4.74 Å². The van der Waals surface area contributed by atoms with Crippen molar-refractivity contribution >= 4 is 0 Å². The number of aromatic nitrogens is 3. The van der Waals surface area contributed by atoms with Crippen molar-refractivity contribution in [3.63, 3.8) is 0 Å². The van der Waals surface area contributed by atoms with Gasteiger partial charge in [-0.05, 0) is 23.7 Å². The first kappa shape index (κ1) is 17.2. The summed E-state index contributed by atoms with van der Waals surface area (Å²) < 4.78 is 7.72. The molecule has 0 saturated heterocycles. The van der Waals surface area contributed by atoms with Gasteiger partial charge in [-0.25, -0.2) is 4.68 Å². The van der Waals surface area contributed by atoms with Crippen LogP contribution in [0.5, 0.6) is 0 Å². The molecule has 20 heavy (non-hydrogen) atoms. The number of ether oxygens (including phenoxy) is 1. The van der Waals surface area contributed by atoms with Crippen molar-refractivity contribution in [3.05, 3.63) is 11.9 Å². The van der Waals surface area contributed by atoms with E-state index in [1.807, 2.05) is 10.9 Å². The van der Waals surface area contributed by atoms with Crippen molar-refractivity contribution in [1.82, 2.24) is 15.0 Å². The van der Waals surface area contributed by atoms with Gasteiger partial charge in [0.15, 0.2) is 0 Å². The molecule has 0 atom stereocenters. The molecule has 116 valence electrons. The number of aryl methyl sites for hydroxylation is 1. The van der Waals surface area contributed by atoms with Crippen molar-refractivity contribution in [3.8, 4) is 0 Å². The maximum atomic E-state index is 5.74. The predicted molar refractivity (Wildman–Crippen MR) is 82.4 cm³/mol. The molecule has 0 fully saturated rings. The third-order valence-corrected chi connectivity index (χ3v) is 3.03. The van der Waals surface area contributed by atoms with Crippen LogP contribution in [-0.4, -0.2) is 21.6 Å². The van der Waals surface area contributed by atoms with Gasteiger partial charge in [0.25, 0.3) is 0 Å². The lowest BCUT2D eigenvalue weighted by atomic mass is 9.90. The van der Waals surface area contributed by atoms with E-state index in [1.165, 1.54) is 12.8 Å². The monoisotopic (exact) mass is 281 g/mol. The molecule has 0 aliphatic heterocycles. The minimum atomic E-state index is 0.199. The lowest BCUT2D eigenvalue weighted by Crippen LogP contribution is -2.16. The molecule has 4 nitrogen and oxygen atoms in total. The third kappa shape index (κ3) is 7.63. The van der Waals surface area contributed by atoms with Gasteiger partial charge in [0.1, 0.15) is 0 Å². The summed E-state index contributed by atoms with van der Waals surface area (Å²) in [7, 11) is 0. The maximum absolute atomic E-state index is 5.74. The predicted octanol–water partition coefficient (Wildman–Crippen LogP) is 4.06. The van der Waals surface area contributed by atoms with Gasteiger partial charge in [-0.2, -0.15) is 0 Å². The number of hydrogen-bond donors (Lipinski definition) is 0. The molecule has 0 saturated carbocycles. The van der Waals surface area contributed by atoms with E-state index in [-0.39, 0.29) is 5.41 Å². The first-order valence-electron chi connectivity index (χ1n) is 7.62. The number of hydrogen-bond acceptors (Lipinski definition) is 3. The average molecular weight is 281 g/mol. The molecule has 0 amide bonds. The maximum Gasteiger partial charge on any atom is 0.0901 e. The summed E-state index contributed by atoms with van der Waals surface area (Å²) in [4.78, 5) is 0. The molecule has 0 aromatic carbocycles. The fourth-order valence-electron chi connectivity index (χ4n) is 1.96. The lowest BCUT2D eigenvalue weighted by molar-refractivity contribution is 0.0559. The van der Waals surface area contributed by atoms with E-state index in [0.29, 0.717) is 12.0 Å². The fraction of sp³-hybridized carbons (Fsp3) is 0.875. The second-order valence-electron chi connectivity index (χ2n) is 8.02. The van der Waals surface area contributed by atoms with E-state index in [1.54, 1.807) is 0 Å². The van der Waals surface area contributed by atoms with Crippen LogP contribution >= 0.6 is 0 Å². The van der Waals surface area contributed by atoms with Crippen LogP contribution in [0, 0.1) is 10.8 Å². The summed E-state index contributed by atoms with van der Waals surface area (Å²) in [6.45, 7) is 15.7. The molecule has 0 aliphatic carbocycles. The molecule has 0 bridgehead atoms. The Morgan fingerprint density at radius 3 is 2.35 bits per heavy atom. The molecule has 0 N–H and O–H groups in total. The van der Waals surface area contributed by atoms with Crippen LogP contribution < -0.4 is 0 Å². The standard InChI is InChI=1S/C16H31N3O/c1-15(2,3)9-7-8-10-19-14(11-17-18-19)12-20-13-16(4,5)6/h11H,7-10,12-13H2,1-6H3. The molecule has 0 spiro atoms. The van der Waals surface area contributed by atoms with Crippen LogP contribution in [0.1, 0.15) is 66.5 Å². The van der Waals surface area contributed by atoms with E-state index in [2.05, 4.69) is 51.9 Å².